The van der Waals surface area contributed by atoms with Gasteiger partial charge < -0.3 is 10.8 Å². The van der Waals surface area contributed by atoms with E-state index in [1.165, 1.54) is 0 Å². The minimum Gasteiger partial charge on any atom is -0.387 e. The zero-order chi connectivity index (χ0) is 8.72. The lowest BCUT2D eigenvalue weighted by molar-refractivity contribution is 0.159. The first-order valence-corrected chi connectivity index (χ1v) is 3.66. The molecular formula is C9H11NO. The van der Waals surface area contributed by atoms with Crippen LogP contribution in [-0.2, 0) is 6.40 Å². The first kappa shape index (κ1) is 5.75. The highest BCUT2D eigenvalue weighted by molar-refractivity contribution is 5.35. The highest BCUT2D eigenvalue weighted by Gasteiger charge is 2.26. The summed E-state index contributed by atoms with van der Waals surface area (Å²) >= 11 is 0. The summed E-state index contributed by atoms with van der Waals surface area (Å²) in [4.78, 5) is 0. The van der Waals surface area contributed by atoms with Crippen molar-refractivity contribution in [1.82, 2.24) is 0 Å². The molecule has 0 saturated heterocycles. The maximum Gasteiger partial charge on any atom is 0.0946 e. The number of nitrogens with two attached hydrogens (primary N) is 1. The first-order valence-electron chi connectivity index (χ1n) is 4.24. The van der Waals surface area contributed by atoms with E-state index in [1.807, 2.05) is 24.3 Å². The second kappa shape index (κ2) is 2.32. The quantitative estimate of drug-likeness (QED) is 0.569. The highest BCUT2D eigenvalue weighted by Crippen LogP contribution is 2.29. The lowest BCUT2D eigenvalue weighted by Gasteiger charge is -2.07. The first-order chi connectivity index (χ1) is 5.72. The van der Waals surface area contributed by atoms with Crippen molar-refractivity contribution in [3.8, 4) is 0 Å². The molecule has 0 spiro atoms. The zero-order valence-electron chi connectivity index (χ0n) is 7.07. The molecule has 1 aliphatic carbocycles. The molecule has 1 aromatic rings. The van der Waals surface area contributed by atoms with Gasteiger partial charge in [0.2, 0.25) is 0 Å². The summed E-state index contributed by atoms with van der Waals surface area (Å²) in [6, 6.07) is 6.93. The third-order valence-corrected chi connectivity index (χ3v) is 2.05. The second-order valence-corrected chi connectivity index (χ2v) is 2.82. The second-order valence-electron chi connectivity index (χ2n) is 2.82. The number of aliphatic hydroxyl groups excluding tert-OH is 1. The molecule has 2 rings (SSSR count). The Morgan fingerprint density at radius 2 is 2.27 bits per heavy atom. The number of benzene rings is 1. The van der Waals surface area contributed by atoms with Crippen LogP contribution in [0.3, 0.4) is 0 Å². The summed E-state index contributed by atoms with van der Waals surface area (Å²) in [5.74, 6) is 0. The van der Waals surface area contributed by atoms with Crippen LogP contribution in [0.25, 0.3) is 0 Å². The molecule has 0 bridgehead atoms. The summed E-state index contributed by atoms with van der Waals surface area (Å²) < 4.78 is 7.67. The van der Waals surface area contributed by atoms with Gasteiger partial charge in [-0.15, -0.1) is 0 Å². The van der Waals surface area contributed by atoms with E-state index in [4.69, 9.17) is 7.10 Å². The van der Waals surface area contributed by atoms with Crippen molar-refractivity contribution in [1.29, 1.82) is 0 Å². The van der Waals surface area contributed by atoms with E-state index < -0.39 is 18.5 Å². The molecule has 0 fully saturated rings. The summed E-state index contributed by atoms with van der Waals surface area (Å²) in [6.07, 6.45) is -1.14. The van der Waals surface area contributed by atoms with Crippen molar-refractivity contribution in [2.45, 2.75) is 18.5 Å². The Labute approximate surface area is 67.1 Å². The molecule has 3 N–H and O–H groups in total. The van der Waals surface area contributed by atoms with Crippen molar-refractivity contribution >= 4 is 0 Å². The zero-order valence-corrected chi connectivity index (χ0v) is 6.07. The Morgan fingerprint density at radius 3 is 3.00 bits per heavy atom. The van der Waals surface area contributed by atoms with Gasteiger partial charge in [-0.2, -0.15) is 0 Å². The van der Waals surface area contributed by atoms with Crippen molar-refractivity contribution in [2.75, 3.05) is 0 Å². The molecule has 11 heavy (non-hydrogen) atoms. The van der Waals surface area contributed by atoms with Gasteiger partial charge in [0, 0.05) is 7.41 Å². The monoisotopic (exact) mass is 150 g/mol. The van der Waals surface area contributed by atoms with Crippen molar-refractivity contribution in [2.24, 2.45) is 5.73 Å². The Balaban J connectivity index is 2.52. The lowest BCUT2D eigenvalue weighted by Crippen LogP contribution is -2.24. The van der Waals surface area contributed by atoms with Crippen LogP contribution in [0.4, 0.5) is 0 Å². The van der Waals surface area contributed by atoms with E-state index in [2.05, 4.69) is 0 Å². The van der Waals surface area contributed by atoms with Crippen LogP contribution >= 0.6 is 0 Å². The van der Waals surface area contributed by atoms with E-state index in [-0.39, 0.29) is 0 Å². The Morgan fingerprint density at radius 1 is 1.55 bits per heavy atom. The standard InChI is InChI=1S/C9H11NO/c10-8-5-6-3-1-2-4-7(6)9(8)11/h1-4,8-9,11H,5,10H2/t8-,9-/m1/s1/i5D/t5-,8+,9+/m0. The van der Waals surface area contributed by atoms with Crippen LogP contribution in [-0.4, -0.2) is 11.1 Å². The highest BCUT2D eigenvalue weighted by atomic mass is 16.3. The van der Waals surface area contributed by atoms with Gasteiger partial charge in [-0.25, -0.2) is 0 Å². The molecule has 0 unspecified atom stereocenters. The molecule has 3 atom stereocenters. The summed E-state index contributed by atoms with van der Waals surface area (Å²) in [7, 11) is 0. The molecule has 0 heterocycles. The third-order valence-electron chi connectivity index (χ3n) is 2.05. The molecule has 58 valence electrons. The lowest BCUT2D eigenvalue weighted by atomic mass is 10.1. The average Bonchev–Trinajstić information content (AvgIpc) is 2.33. The number of fused-ring (bicyclic) bond motifs is 1. The van der Waals surface area contributed by atoms with E-state index in [0.717, 1.165) is 11.1 Å². The van der Waals surface area contributed by atoms with Crippen molar-refractivity contribution < 1.29 is 6.48 Å². The average molecular weight is 150 g/mol. The van der Waals surface area contributed by atoms with E-state index >= 15 is 0 Å². The summed E-state index contributed by atoms with van der Waals surface area (Å²) in [6.45, 7) is 0. The van der Waals surface area contributed by atoms with Crippen LogP contribution < -0.4 is 5.73 Å². The number of hydrogen-bond donors (Lipinski definition) is 2. The van der Waals surface area contributed by atoms with Crippen LogP contribution in [0.15, 0.2) is 24.3 Å². The molecule has 0 aromatic heterocycles. The van der Waals surface area contributed by atoms with Crippen molar-refractivity contribution in [3.63, 3.8) is 0 Å². The normalized spacial score (nSPS) is 36.5. The molecule has 1 aliphatic rings. The largest absolute Gasteiger partial charge is 0.387 e. The molecule has 0 radical (unpaired) electrons. The van der Waals surface area contributed by atoms with Gasteiger partial charge in [-0.1, -0.05) is 24.3 Å². The van der Waals surface area contributed by atoms with Crippen molar-refractivity contribution in [3.05, 3.63) is 35.4 Å². The Hall–Kier alpha value is -0.860. The maximum absolute atomic E-state index is 9.58. The predicted molar refractivity (Wildman–Crippen MR) is 43.1 cm³/mol. The van der Waals surface area contributed by atoms with Gasteiger partial charge in [0.1, 0.15) is 0 Å². The third kappa shape index (κ3) is 0.951. The minimum atomic E-state index is -0.663. The predicted octanol–water partition coefficient (Wildman–Crippen LogP) is 0.603. The topological polar surface area (TPSA) is 46.2 Å². The van der Waals surface area contributed by atoms with Crippen LogP contribution in [0, 0.1) is 0 Å². The van der Waals surface area contributed by atoms with Crippen LogP contribution in [0.2, 0.25) is 0 Å². The molecular weight excluding hydrogens is 138 g/mol. The van der Waals surface area contributed by atoms with Gasteiger partial charge in [0.05, 0.1) is 6.10 Å². The minimum absolute atomic E-state index is 0.470. The summed E-state index contributed by atoms with van der Waals surface area (Å²) in [5, 5.41) is 9.58. The smallest absolute Gasteiger partial charge is 0.0946 e. The van der Waals surface area contributed by atoms with Gasteiger partial charge >= 0.3 is 0 Å². The fourth-order valence-electron chi connectivity index (χ4n) is 1.44. The molecule has 2 nitrogen and oxygen atoms in total. The van der Waals surface area contributed by atoms with Gasteiger partial charge in [0.15, 0.2) is 0 Å². The number of aliphatic hydroxyl groups is 1. The van der Waals surface area contributed by atoms with E-state index in [0.29, 0.717) is 0 Å². The molecule has 0 amide bonds. The SMILES string of the molecule is [2H][C@H]1c2ccccc2[C@@H](O)[C@@H]1N. The van der Waals surface area contributed by atoms with Gasteiger partial charge in [-0.05, 0) is 17.5 Å². The Kier molecular flexibility index (Phi) is 1.21. The molecule has 0 aliphatic heterocycles. The maximum atomic E-state index is 9.58. The fourth-order valence-corrected chi connectivity index (χ4v) is 1.44. The van der Waals surface area contributed by atoms with E-state index in [9.17, 15) is 5.11 Å². The van der Waals surface area contributed by atoms with Crippen LogP contribution in [0.1, 0.15) is 18.6 Å². The molecule has 1 aromatic carbocycles. The van der Waals surface area contributed by atoms with E-state index in [1.54, 1.807) is 0 Å². The van der Waals surface area contributed by atoms with Gasteiger partial charge in [-0.3, -0.25) is 0 Å². The van der Waals surface area contributed by atoms with Crippen LogP contribution in [0.5, 0.6) is 0 Å². The Bertz CT molecular complexity index is 273. The number of rotatable bonds is 0. The molecule has 0 saturated carbocycles. The van der Waals surface area contributed by atoms with Gasteiger partial charge in [0.25, 0.3) is 0 Å². The summed E-state index contributed by atoms with van der Waals surface area (Å²) in [5.41, 5.74) is 7.30. The molecule has 2 heteroatoms. The fraction of sp³-hybridized carbons (Fsp3) is 0.333. The number of hydrogen-bond acceptors (Lipinski definition) is 2.